The fraction of sp³-hybridized carbons (Fsp3) is 0.0588. The van der Waals surface area contributed by atoms with Gasteiger partial charge in [0.15, 0.2) is 0 Å². The molecule has 0 unspecified atom stereocenters. The summed E-state index contributed by atoms with van der Waals surface area (Å²) < 4.78 is 1.13. The summed E-state index contributed by atoms with van der Waals surface area (Å²) in [5.41, 5.74) is 3.16. The number of aromatic nitrogens is 2. The van der Waals surface area contributed by atoms with E-state index in [9.17, 15) is 4.79 Å². The van der Waals surface area contributed by atoms with Gasteiger partial charge in [0.05, 0.1) is 26.3 Å². The highest BCUT2D eigenvalue weighted by Crippen LogP contribution is 2.25. The van der Waals surface area contributed by atoms with Gasteiger partial charge in [-0.15, -0.1) is 11.3 Å². The lowest BCUT2D eigenvalue weighted by Crippen LogP contribution is -2.12. The third kappa shape index (κ3) is 2.16. The fourth-order valence-corrected chi connectivity index (χ4v) is 3.40. The molecule has 0 aliphatic rings. The predicted molar refractivity (Wildman–Crippen MR) is 90.6 cm³/mol. The molecule has 2 N–H and O–H groups in total. The Kier molecular flexibility index (Phi) is 2.94. The molecule has 2 heterocycles. The van der Waals surface area contributed by atoms with Gasteiger partial charge >= 0.3 is 0 Å². The number of hydrogen-bond donors (Lipinski definition) is 2. The van der Waals surface area contributed by atoms with Crippen molar-refractivity contribution in [1.82, 2.24) is 9.97 Å². The van der Waals surface area contributed by atoms with E-state index in [1.807, 2.05) is 55.6 Å². The van der Waals surface area contributed by atoms with Gasteiger partial charge in [-0.25, -0.2) is 4.98 Å². The van der Waals surface area contributed by atoms with Crippen LogP contribution in [-0.4, -0.2) is 15.9 Å². The zero-order valence-corrected chi connectivity index (χ0v) is 12.7. The van der Waals surface area contributed by atoms with E-state index in [2.05, 4.69) is 15.3 Å². The molecule has 4 rings (SSSR count). The fourth-order valence-electron chi connectivity index (χ4n) is 2.59. The lowest BCUT2D eigenvalue weighted by molar-refractivity contribution is 0.102. The lowest BCUT2D eigenvalue weighted by Gasteiger charge is -2.06. The van der Waals surface area contributed by atoms with Gasteiger partial charge in [-0.1, -0.05) is 12.1 Å². The first-order valence-electron chi connectivity index (χ1n) is 6.95. The second-order valence-corrected chi connectivity index (χ2v) is 6.35. The van der Waals surface area contributed by atoms with Crippen molar-refractivity contribution < 1.29 is 4.79 Å². The third-order valence-corrected chi connectivity index (χ3v) is 4.54. The standard InChI is InChI=1S/C17H13N3OS/c1-10-19-14-9-12(5-6-15(14)22-10)20-17(21)13-4-2-3-11-7-8-18-16(11)13/h2-9,18H,1H3,(H,20,21). The second kappa shape index (κ2) is 4.96. The van der Waals surface area contributed by atoms with Crippen molar-refractivity contribution in [3.63, 3.8) is 0 Å². The molecule has 0 spiro atoms. The monoisotopic (exact) mass is 307 g/mol. The Balaban J connectivity index is 1.69. The molecule has 2 aromatic heterocycles. The minimum Gasteiger partial charge on any atom is -0.361 e. The molecule has 4 aromatic rings. The van der Waals surface area contributed by atoms with E-state index < -0.39 is 0 Å². The second-order valence-electron chi connectivity index (χ2n) is 5.12. The molecule has 5 heteroatoms. The zero-order chi connectivity index (χ0) is 15.1. The number of H-pyrrole nitrogens is 1. The number of amides is 1. The van der Waals surface area contributed by atoms with Crippen molar-refractivity contribution in [2.24, 2.45) is 0 Å². The molecule has 0 bridgehead atoms. The van der Waals surface area contributed by atoms with Crippen LogP contribution >= 0.6 is 11.3 Å². The summed E-state index contributed by atoms with van der Waals surface area (Å²) >= 11 is 1.65. The molecule has 0 aliphatic heterocycles. The molecule has 0 aliphatic carbocycles. The molecular weight excluding hydrogens is 294 g/mol. The van der Waals surface area contributed by atoms with Crippen LogP contribution in [0.1, 0.15) is 15.4 Å². The molecule has 0 saturated heterocycles. The van der Waals surface area contributed by atoms with E-state index in [1.54, 1.807) is 11.3 Å². The van der Waals surface area contributed by atoms with Gasteiger partial charge in [0.2, 0.25) is 0 Å². The lowest BCUT2D eigenvalue weighted by atomic mass is 10.1. The Hall–Kier alpha value is -2.66. The van der Waals surface area contributed by atoms with Crippen molar-refractivity contribution in [2.45, 2.75) is 6.92 Å². The first kappa shape index (κ1) is 13.0. The molecule has 22 heavy (non-hydrogen) atoms. The summed E-state index contributed by atoms with van der Waals surface area (Å²) in [7, 11) is 0. The van der Waals surface area contributed by atoms with Gasteiger partial charge in [-0.05, 0) is 37.3 Å². The topological polar surface area (TPSA) is 57.8 Å². The Morgan fingerprint density at radius 3 is 3.05 bits per heavy atom. The Labute approximate surface area is 130 Å². The van der Waals surface area contributed by atoms with Crippen LogP contribution in [0, 0.1) is 6.92 Å². The molecule has 0 fully saturated rings. The molecule has 0 saturated carbocycles. The highest BCUT2D eigenvalue weighted by Gasteiger charge is 2.11. The molecular formula is C17H13N3OS. The SMILES string of the molecule is Cc1nc2cc(NC(=O)c3cccc4cc[nH]c34)ccc2s1. The van der Waals surface area contributed by atoms with Crippen molar-refractivity contribution in [2.75, 3.05) is 5.32 Å². The van der Waals surface area contributed by atoms with E-state index in [0.717, 1.165) is 31.8 Å². The molecule has 2 aromatic carbocycles. The van der Waals surface area contributed by atoms with Gasteiger partial charge < -0.3 is 10.3 Å². The van der Waals surface area contributed by atoms with Crippen LogP contribution in [0.3, 0.4) is 0 Å². The normalized spacial score (nSPS) is 11.1. The number of hydrogen-bond acceptors (Lipinski definition) is 3. The summed E-state index contributed by atoms with van der Waals surface area (Å²) in [6.45, 7) is 1.98. The number of rotatable bonds is 2. The van der Waals surface area contributed by atoms with Crippen molar-refractivity contribution in [1.29, 1.82) is 0 Å². The summed E-state index contributed by atoms with van der Waals surface area (Å²) in [6.07, 6.45) is 1.84. The molecule has 0 radical (unpaired) electrons. The number of nitrogens with zero attached hydrogens (tertiary/aromatic N) is 1. The third-order valence-electron chi connectivity index (χ3n) is 3.58. The quantitative estimate of drug-likeness (QED) is 0.579. The maximum Gasteiger partial charge on any atom is 0.257 e. The van der Waals surface area contributed by atoms with Crippen molar-refractivity contribution >= 4 is 44.1 Å². The number of carbonyl (C=O) groups is 1. The molecule has 4 nitrogen and oxygen atoms in total. The van der Waals surface area contributed by atoms with Gasteiger partial charge in [-0.3, -0.25) is 4.79 Å². The maximum atomic E-state index is 12.5. The van der Waals surface area contributed by atoms with Gasteiger partial charge in [0.25, 0.3) is 5.91 Å². The molecule has 0 atom stereocenters. The average Bonchev–Trinajstić information content (AvgIpc) is 3.11. The number of aryl methyl sites for hydroxylation is 1. The van der Waals surface area contributed by atoms with Gasteiger partial charge in [-0.2, -0.15) is 0 Å². The molecule has 1 amide bonds. The van der Waals surface area contributed by atoms with Crippen LogP contribution in [0.4, 0.5) is 5.69 Å². The predicted octanol–water partition coefficient (Wildman–Crippen LogP) is 4.34. The van der Waals surface area contributed by atoms with Crippen LogP contribution in [0.2, 0.25) is 0 Å². The van der Waals surface area contributed by atoms with Gasteiger partial charge in [0, 0.05) is 17.3 Å². The van der Waals surface area contributed by atoms with Crippen molar-refractivity contribution in [3.8, 4) is 0 Å². The maximum absolute atomic E-state index is 12.5. The summed E-state index contributed by atoms with van der Waals surface area (Å²) in [5, 5.41) is 5.00. The summed E-state index contributed by atoms with van der Waals surface area (Å²) in [4.78, 5) is 20.1. The number of para-hydroxylation sites is 1. The van der Waals surface area contributed by atoms with Crippen molar-refractivity contribution in [3.05, 3.63) is 59.2 Å². The van der Waals surface area contributed by atoms with E-state index in [1.165, 1.54) is 0 Å². The average molecular weight is 307 g/mol. The van der Waals surface area contributed by atoms with E-state index in [4.69, 9.17) is 0 Å². The number of benzene rings is 2. The Bertz CT molecular complexity index is 999. The number of fused-ring (bicyclic) bond motifs is 2. The largest absolute Gasteiger partial charge is 0.361 e. The summed E-state index contributed by atoms with van der Waals surface area (Å²) in [5.74, 6) is -0.126. The van der Waals surface area contributed by atoms with Crippen LogP contribution in [0.25, 0.3) is 21.1 Å². The highest BCUT2D eigenvalue weighted by atomic mass is 32.1. The number of anilines is 1. The molecule has 108 valence electrons. The number of nitrogens with one attached hydrogen (secondary N) is 2. The number of carbonyl (C=O) groups excluding carboxylic acids is 1. The Morgan fingerprint density at radius 2 is 2.14 bits per heavy atom. The highest BCUT2D eigenvalue weighted by molar-refractivity contribution is 7.18. The number of aromatic amines is 1. The van der Waals surface area contributed by atoms with E-state index in [0.29, 0.717) is 5.56 Å². The smallest absolute Gasteiger partial charge is 0.257 e. The zero-order valence-electron chi connectivity index (χ0n) is 11.9. The van der Waals surface area contributed by atoms with Crippen LogP contribution in [0.5, 0.6) is 0 Å². The van der Waals surface area contributed by atoms with Crippen LogP contribution in [0.15, 0.2) is 48.7 Å². The Morgan fingerprint density at radius 1 is 1.23 bits per heavy atom. The van der Waals surface area contributed by atoms with Crippen LogP contribution < -0.4 is 5.32 Å². The number of thiazole rings is 1. The minimum atomic E-state index is -0.126. The van der Waals surface area contributed by atoms with Crippen LogP contribution in [-0.2, 0) is 0 Å². The van der Waals surface area contributed by atoms with E-state index >= 15 is 0 Å². The first-order chi connectivity index (χ1) is 10.7. The minimum absolute atomic E-state index is 0.126. The first-order valence-corrected chi connectivity index (χ1v) is 7.77. The van der Waals surface area contributed by atoms with Gasteiger partial charge in [0.1, 0.15) is 0 Å². The summed E-state index contributed by atoms with van der Waals surface area (Å²) in [6, 6.07) is 13.4. The van der Waals surface area contributed by atoms with E-state index in [-0.39, 0.29) is 5.91 Å².